The maximum Gasteiger partial charge on any atom is 0.237 e. The van der Waals surface area contributed by atoms with E-state index >= 15 is 0 Å². The van der Waals surface area contributed by atoms with E-state index in [1.165, 1.54) is 11.3 Å². The van der Waals surface area contributed by atoms with Gasteiger partial charge in [0.15, 0.2) is 0 Å². The van der Waals surface area contributed by atoms with E-state index in [1.54, 1.807) is 0 Å². The fraction of sp³-hybridized carbons (Fsp3) is 0.545. The molecule has 1 heterocycles. The van der Waals surface area contributed by atoms with Crippen molar-refractivity contribution in [1.29, 1.82) is 0 Å². The summed E-state index contributed by atoms with van der Waals surface area (Å²) in [5.41, 5.74) is 0. The van der Waals surface area contributed by atoms with E-state index in [1.807, 2.05) is 19.1 Å². The number of rotatable bonds is 5. The first-order valence-electron chi connectivity index (χ1n) is 5.43. The maximum atomic E-state index is 11.6. The Hall–Kier alpha value is -0.580. The van der Waals surface area contributed by atoms with Gasteiger partial charge in [0.2, 0.25) is 5.91 Å². The van der Waals surface area contributed by atoms with Crippen molar-refractivity contribution in [2.24, 2.45) is 0 Å². The Balaban J connectivity index is 1.73. The molecule has 0 spiro atoms. The SMILES string of the molecule is CC(NCc1ccc(Cl)s1)C(=O)NC1CC1. The molecule has 1 aliphatic rings. The van der Waals surface area contributed by atoms with Crippen molar-refractivity contribution in [3.63, 3.8) is 0 Å². The molecule has 0 aromatic carbocycles. The molecule has 1 amide bonds. The van der Waals surface area contributed by atoms with Gasteiger partial charge in [0, 0.05) is 17.5 Å². The molecule has 1 unspecified atom stereocenters. The third kappa shape index (κ3) is 3.47. The summed E-state index contributed by atoms with van der Waals surface area (Å²) in [5.74, 6) is 0.0881. The number of nitrogens with one attached hydrogen (secondary N) is 2. The Morgan fingerprint density at radius 1 is 1.62 bits per heavy atom. The van der Waals surface area contributed by atoms with E-state index in [4.69, 9.17) is 11.6 Å². The van der Waals surface area contributed by atoms with Crippen molar-refractivity contribution < 1.29 is 4.79 Å². The smallest absolute Gasteiger partial charge is 0.237 e. The van der Waals surface area contributed by atoms with Crippen LogP contribution in [0.3, 0.4) is 0 Å². The second kappa shape index (κ2) is 5.17. The molecule has 2 N–H and O–H groups in total. The zero-order valence-corrected chi connectivity index (χ0v) is 10.7. The van der Waals surface area contributed by atoms with E-state index < -0.39 is 0 Å². The summed E-state index contributed by atoms with van der Waals surface area (Å²) in [6.07, 6.45) is 2.25. The summed E-state index contributed by atoms with van der Waals surface area (Å²) < 4.78 is 0.784. The van der Waals surface area contributed by atoms with E-state index in [-0.39, 0.29) is 11.9 Å². The highest BCUT2D eigenvalue weighted by molar-refractivity contribution is 7.16. The van der Waals surface area contributed by atoms with Gasteiger partial charge in [0.05, 0.1) is 10.4 Å². The normalized spacial score (nSPS) is 17.1. The van der Waals surface area contributed by atoms with Gasteiger partial charge in [-0.1, -0.05) is 11.6 Å². The van der Waals surface area contributed by atoms with Crippen LogP contribution < -0.4 is 10.6 Å². The van der Waals surface area contributed by atoms with Gasteiger partial charge < -0.3 is 10.6 Å². The fourth-order valence-corrected chi connectivity index (χ4v) is 2.39. The van der Waals surface area contributed by atoms with Crippen LogP contribution in [-0.4, -0.2) is 18.0 Å². The Morgan fingerprint density at radius 3 is 2.94 bits per heavy atom. The number of hydrogen-bond acceptors (Lipinski definition) is 3. The van der Waals surface area contributed by atoms with Crippen LogP contribution in [0.1, 0.15) is 24.6 Å². The van der Waals surface area contributed by atoms with Crippen molar-refractivity contribution in [3.8, 4) is 0 Å². The number of halogens is 1. The highest BCUT2D eigenvalue weighted by Crippen LogP contribution is 2.21. The highest BCUT2D eigenvalue weighted by Gasteiger charge is 2.25. The van der Waals surface area contributed by atoms with Gasteiger partial charge >= 0.3 is 0 Å². The summed E-state index contributed by atoms with van der Waals surface area (Å²) in [5, 5.41) is 6.16. The van der Waals surface area contributed by atoms with Crippen molar-refractivity contribution in [2.75, 3.05) is 0 Å². The largest absolute Gasteiger partial charge is 0.352 e. The van der Waals surface area contributed by atoms with Crippen molar-refractivity contribution >= 4 is 28.8 Å². The molecule has 5 heteroatoms. The number of hydrogen-bond donors (Lipinski definition) is 2. The molecule has 1 aromatic heterocycles. The first kappa shape index (κ1) is 11.9. The summed E-state index contributed by atoms with van der Waals surface area (Å²) in [6, 6.07) is 4.12. The number of thiophene rings is 1. The molecule has 16 heavy (non-hydrogen) atoms. The summed E-state index contributed by atoms with van der Waals surface area (Å²) >= 11 is 7.37. The minimum Gasteiger partial charge on any atom is -0.352 e. The van der Waals surface area contributed by atoms with Crippen LogP contribution in [-0.2, 0) is 11.3 Å². The van der Waals surface area contributed by atoms with Crippen LogP contribution >= 0.6 is 22.9 Å². The lowest BCUT2D eigenvalue weighted by atomic mass is 10.3. The first-order valence-corrected chi connectivity index (χ1v) is 6.62. The van der Waals surface area contributed by atoms with Gasteiger partial charge in [-0.15, -0.1) is 11.3 Å². The van der Waals surface area contributed by atoms with Gasteiger partial charge in [0.1, 0.15) is 0 Å². The second-order valence-corrected chi connectivity index (χ2v) is 5.89. The predicted molar refractivity (Wildman–Crippen MR) is 66.8 cm³/mol. The van der Waals surface area contributed by atoms with Crippen LogP contribution in [0.15, 0.2) is 12.1 Å². The van der Waals surface area contributed by atoms with Gasteiger partial charge in [-0.05, 0) is 31.9 Å². The Morgan fingerprint density at radius 2 is 2.38 bits per heavy atom. The maximum absolute atomic E-state index is 11.6. The van der Waals surface area contributed by atoms with Crippen LogP contribution in [0, 0.1) is 0 Å². The van der Waals surface area contributed by atoms with Crippen LogP contribution in [0.25, 0.3) is 0 Å². The molecule has 0 bridgehead atoms. The average molecular weight is 259 g/mol. The average Bonchev–Trinajstić information content (AvgIpc) is 2.96. The minimum absolute atomic E-state index is 0.0881. The van der Waals surface area contributed by atoms with Crippen LogP contribution in [0.5, 0.6) is 0 Å². The monoisotopic (exact) mass is 258 g/mol. The lowest BCUT2D eigenvalue weighted by Gasteiger charge is -2.12. The molecule has 2 rings (SSSR count). The Bertz CT molecular complexity index is 376. The summed E-state index contributed by atoms with van der Waals surface area (Å²) in [4.78, 5) is 12.8. The standard InChI is InChI=1S/C11H15ClN2OS/c1-7(11(15)14-8-2-3-8)13-6-9-4-5-10(12)16-9/h4-5,7-8,13H,2-3,6H2,1H3,(H,14,15). The third-order valence-corrected chi connectivity index (χ3v) is 3.76. The summed E-state index contributed by atoms with van der Waals surface area (Å²) in [6.45, 7) is 2.57. The molecule has 1 aliphatic carbocycles. The lowest BCUT2D eigenvalue weighted by Crippen LogP contribution is -2.42. The van der Waals surface area contributed by atoms with Gasteiger partial charge in [-0.25, -0.2) is 0 Å². The van der Waals surface area contributed by atoms with Crippen LogP contribution in [0.4, 0.5) is 0 Å². The predicted octanol–water partition coefficient (Wildman–Crippen LogP) is 2.16. The van der Waals surface area contributed by atoms with Gasteiger partial charge in [-0.2, -0.15) is 0 Å². The lowest BCUT2D eigenvalue weighted by molar-refractivity contribution is -0.122. The Labute approximate surface area is 104 Å². The Kier molecular flexibility index (Phi) is 3.84. The molecule has 1 aromatic rings. The molecule has 0 aliphatic heterocycles. The van der Waals surface area contributed by atoms with E-state index in [9.17, 15) is 4.79 Å². The number of amides is 1. The third-order valence-electron chi connectivity index (χ3n) is 2.53. The van der Waals surface area contributed by atoms with Crippen molar-refractivity contribution in [2.45, 2.75) is 38.4 Å². The molecule has 1 fully saturated rings. The molecule has 1 atom stereocenters. The van der Waals surface area contributed by atoms with E-state index in [0.29, 0.717) is 12.6 Å². The molecule has 3 nitrogen and oxygen atoms in total. The van der Waals surface area contributed by atoms with Crippen molar-refractivity contribution in [3.05, 3.63) is 21.3 Å². The fourth-order valence-electron chi connectivity index (χ4n) is 1.35. The van der Waals surface area contributed by atoms with Gasteiger partial charge in [-0.3, -0.25) is 4.79 Å². The molecular weight excluding hydrogens is 244 g/mol. The zero-order chi connectivity index (χ0) is 11.5. The summed E-state index contributed by atoms with van der Waals surface area (Å²) in [7, 11) is 0. The number of carbonyl (C=O) groups excluding carboxylic acids is 1. The van der Waals surface area contributed by atoms with E-state index in [0.717, 1.165) is 22.1 Å². The quantitative estimate of drug-likeness (QED) is 0.850. The number of carbonyl (C=O) groups is 1. The van der Waals surface area contributed by atoms with Gasteiger partial charge in [0.25, 0.3) is 0 Å². The molecule has 1 saturated carbocycles. The molecule has 88 valence electrons. The van der Waals surface area contributed by atoms with Crippen LogP contribution in [0.2, 0.25) is 4.34 Å². The molecule has 0 radical (unpaired) electrons. The van der Waals surface area contributed by atoms with Crippen molar-refractivity contribution in [1.82, 2.24) is 10.6 Å². The topological polar surface area (TPSA) is 41.1 Å². The second-order valence-electron chi connectivity index (χ2n) is 4.09. The first-order chi connectivity index (χ1) is 7.65. The zero-order valence-electron chi connectivity index (χ0n) is 9.13. The minimum atomic E-state index is -0.151. The molecule has 0 saturated heterocycles. The highest BCUT2D eigenvalue weighted by atomic mass is 35.5. The van der Waals surface area contributed by atoms with E-state index in [2.05, 4.69) is 10.6 Å². The molecular formula is C11H15ClN2OS.